The summed E-state index contributed by atoms with van der Waals surface area (Å²) < 4.78 is 1.82. The van der Waals surface area contributed by atoms with E-state index in [4.69, 9.17) is 11.6 Å². The fourth-order valence-electron chi connectivity index (χ4n) is 1.72. The van der Waals surface area contributed by atoms with E-state index in [1.54, 1.807) is 0 Å². The first-order chi connectivity index (χ1) is 7.75. The summed E-state index contributed by atoms with van der Waals surface area (Å²) in [5.74, 6) is 0. The SMILES string of the molecule is Cn1cc(CCC(Cl)c2ccccc2)cn1. The zero-order valence-electron chi connectivity index (χ0n) is 9.31. The van der Waals surface area contributed by atoms with Crippen molar-refractivity contribution < 1.29 is 0 Å². The van der Waals surface area contributed by atoms with Gasteiger partial charge < -0.3 is 0 Å². The molecule has 1 aromatic carbocycles. The van der Waals surface area contributed by atoms with Gasteiger partial charge in [0.25, 0.3) is 0 Å². The average molecular weight is 235 g/mol. The molecule has 1 heterocycles. The molecule has 2 rings (SSSR count). The second kappa shape index (κ2) is 5.17. The van der Waals surface area contributed by atoms with E-state index in [2.05, 4.69) is 17.2 Å². The maximum atomic E-state index is 6.34. The first-order valence-corrected chi connectivity index (χ1v) is 5.86. The lowest BCUT2D eigenvalue weighted by molar-refractivity contribution is 0.763. The van der Waals surface area contributed by atoms with Crippen LogP contribution in [-0.4, -0.2) is 9.78 Å². The molecule has 0 saturated heterocycles. The van der Waals surface area contributed by atoms with Crippen molar-refractivity contribution in [2.45, 2.75) is 18.2 Å². The minimum absolute atomic E-state index is 0.0846. The van der Waals surface area contributed by atoms with Gasteiger partial charge >= 0.3 is 0 Å². The van der Waals surface area contributed by atoms with E-state index in [9.17, 15) is 0 Å². The van der Waals surface area contributed by atoms with E-state index >= 15 is 0 Å². The predicted molar refractivity (Wildman–Crippen MR) is 66.6 cm³/mol. The molecule has 0 aliphatic heterocycles. The van der Waals surface area contributed by atoms with E-state index in [-0.39, 0.29) is 5.38 Å². The number of alkyl halides is 1. The maximum Gasteiger partial charge on any atom is 0.0588 e. The van der Waals surface area contributed by atoms with Crippen molar-refractivity contribution in [3.05, 3.63) is 53.9 Å². The molecule has 1 atom stereocenters. The Morgan fingerprint density at radius 3 is 2.69 bits per heavy atom. The number of aryl methyl sites for hydroxylation is 2. The van der Waals surface area contributed by atoms with Crippen LogP contribution in [0.4, 0.5) is 0 Å². The van der Waals surface area contributed by atoms with Crippen LogP contribution in [0.15, 0.2) is 42.7 Å². The van der Waals surface area contributed by atoms with Gasteiger partial charge in [0, 0.05) is 13.2 Å². The Kier molecular flexibility index (Phi) is 3.62. The molecule has 1 aromatic heterocycles. The van der Waals surface area contributed by atoms with Gasteiger partial charge in [-0.3, -0.25) is 4.68 Å². The Hall–Kier alpha value is -1.28. The van der Waals surface area contributed by atoms with E-state index < -0.39 is 0 Å². The number of hydrogen-bond acceptors (Lipinski definition) is 1. The highest BCUT2D eigenvalue weighted by molar-refractivity contribution is 6.20. The number of benzene rings is 1. The van der Waals surface area contributed by atoms with Crippen molar-refractivity contribution in [1.29, 1.82) is 0 Å². The fraction of sp³-hybridized carbons (Fsp3) is 0.308. The van der Waals surface area contributed by atoms with E-state index in [0.29, 0.717) is 0 Å². The summed E-state index contributed by atoms with van der Waals surface area (Å²) in [6, 6.07) is 10.2. The number of halogens is 1. The van der Waals surface area contributed by atoms with Gasteiger partial charge in [-0.25, -0.2) is 0 Å². The molecular weight excluding hydrogens is 220 g/mol. The number of rotatable bonds is 4. The second-order valence-electron chi connectivity index (χ2n) is 3.94. The van der Waals surface area contributed by atoms with E-state index in [1.165, 1.54) is 11.1 Å². The smallest absolute Gasteiger partial charge is 0.0588 e. The Balaban J connectivity index is 1.91. The molecule has 0 amide bonds. The van der Waals surface area contributed by atoms with Gasteiger partial charge in [0.05, 0.1) is 11.6 Å². The lowest BCUT2D eigenvalue weighted by Crippen LogP contribution is -1.93. The molecule has 0 aliphatic carbocycles. The molecule has 3 heteroatoms. The largest absolute Gasteiger partial charge is 0.276 e. The van der Waals surface area contributed by atoms with Gasteiger partial charge in [-0.05, 0) is 24.0 Å². The molecule has 0 saturated carbocycles. The average Bonchev–Trinajstić information content (AvgIpc) is 2.73. The lowest BCUT2D eigenvalue weighted by Gasteiger charge is -2.08. The summed E-state index contributed by atoms with van der Waals surface area (Å²) >= 11 is 6.34. The maximum absolute atomic E-state index is 6.34. The number of aromatic nitrogens is 2. The lowest BCUT2D eigenvalue weighted by atomic mass is 10.1. The molecule has 0 bridgehead atoms. The molecule has 16 heavy (non-hydrogen) atoms. The number of nitrogens with zero attached hydrogens (tertiary/aromatic N) is 2. The minimum atomic E-state index is 0.0846. The minimum Gasteiger partial charge on any atom is -0.276 e. The molecule has 1 unspecified atom stereocenters. The van der Waals surface area contributed by atoms with Crippen LogP contribution < -0.4 is 0 Å². The van der Waals surface area contributed by atoms with Gasteiger partial charge in [-0.15, -0.1) is 11.6 Å². The standard InChI is InChI=1S/C13H15ClN2/c1-16-10-11(9-15-16)7-8-13(14)12-5-3-2-4-6-12/h2-6,9-10,13H,7-8H2,1H3. The summed E-state index contributed by atoms with van der Waals surface area (Å²) in [7, 11) is 1.93. The van der Waals surface area contributed by atoms with Crippen LogP contribution >= 0.6 is 11.6 Å². The molecule has 2 aromatic rings. The van der Waals surface area contributed by atoms with Gasteiger partial charge in [0.1, 0.15) is 0 Å². The van der Waals surface area contributed by atoms with Crippen molar-refractivity contribution in [3.63, 3.8) is 0 Å². The summed E-state index contributed by atoms with van der Waals surface area (Å²) in [6.07, 6.45) is 5.84. The molecular formula is C13H15ClN2. The Labute approximate surface area is 101 Å². The molecule has 0 N–H and O–H groups in total. The van der Waals surface area contributed by atoms with E-state index in [1.807, 2.05) is 42.3 Å². The van der Waals surface area contributed by atoms with Gasteiger partial charge in [0.2, 0.25) is 0 Å². The van der Waals surface area contributed by atoms with Crippen LogP contribution in [0.5, 0.6) is 0 Å². The van der Waals surface area contributed by atoms with Crippen LogP contribution in [0.2, 0.25) is 0 Å². The van der Waals surface area contributed by atoms with Crippen molar-refractivity contribution in [2.75, 3.05) is 0 Å². The zero-order chi connectivity index (χ0) is 11.4. The first-order valence-electron chi connectivity index (χ1n) is 5.42. The van der Waals surface area contributed by atoms with Crippen LogP contribution in [0, 0.1) is 0 Å². The monoisotopic (exact) mass is 234 g/mol. The molecule has 0 aliphatic rings. The van der Waals surface area contributed by atoms with Crippen LogP contribution in [0.1, 0.15) is 22.9 Å². The summed E-state index contributed by atoms with van der Waals surface area (Å²) in [5, 5.41) is 4.23. The molecule has 0 radical (unpaired) electrons. The highest BCUT2D eigenvalue weighted by atomic mass is 35.5. The summed E-state index contributed by atoms with van der Waals surface area (Å²) in [6.45, 7) is 0. The second-order valence-corrected chi connectivity index (χ2v) is 4.47. The molecule has 84 valence electrons. The fourth-order valence-corrected chi connectivity index (χ4v) is 1.98. The van der Waals surface area contributed by atoms with Crippen molar-refractivity contribution in [2.24, 2.45) is 7.05 Å². The van der Waals surface area contributed by atoms with Gasteiger partial charge in [-0.1, -0.05) is 30.3 Å². The van der Waals surface area contributed by atoms with E-state index in [0.717, 1.165) is 12.8 Å². The molecule has 0 fully saturated rings. The Bertz CT molecular complexity index is 436. The highest BCUT2D eigenvalue weighted by Gasteiger charge is 2.07. The Morgan fingerprint density at radius 1 is 1.31 bits per heavy atom. The predicted octanol–water partition coefficient (Wildman–Crippen LogP) is 3.33. The Morgan fingerprint density at radius 2 is 2.06 bits per heavy atom. The number of hydrogen-bond donors (Lipinski definition) is 0. The topological polar surface area (TPSA) is 17.8 Å². The third-order valence-electron chi connectivity index (χ3n) is 2.61. The van der Waals surface area contributed by atoms with Crippen LogP contribution in [-0.2, 0) is 13.5 Å². The summed E-state index contributed by atoms with van der Waals surface area (Å²) in [5.41, 5.74) is 2.43. The molecule has 0 spiro atoms. The highest BCUT2D eigenvalue weighted by Crippen LogP contribution is 2.25. The first kappa shape index (κ1) is 11.2. The normalized spacial score (nSPS) is 12.6. The third-order valence-corrected chi connectivity index (χ3v) is 3.08. The zero-order valence-corrected chi connectivity index (χ0v) is 10.1. The van der Waals surface area contributed by atoms with Crippen LogP contribution in [0.25, 0.3) is 0 Å². The van der Waals surface area contributed by atoms with Gasteiger partial charge in [-0.2, -0.15) is 5.10 Å². The quantitative estimate of drug-likeness (QED) is 0.742. The van der Waals surface area contributed by atoms with Crippen LogP contribution in [0.3, 0.4) is 0 Å². The van der Waals surface area contributed by atoms with Crippen molar-refractivity contribution in [1.82, 2.24) is 9.78 Å². The van der Waals surface area contributed by atoms with Crippen molar-refractivity contribution in [3.8, 4) is 0 Å². The third kappa shape index (κ3) is 2.86. The van der Waals surface area contributed by atoms with Crippen molar-refractivity contribution >= 4 is 11.6 Å². The van der Waals surface area contributed by atoms with Gasteiger partial charge in [0.15, 0.2) is 0 Å². The summed E-state index contributed by atoms with van der Waals surface area (Å²) in [4.78, 5) is 0. The molecule has 2 nitrogen and oxygen atoms in total.